The maximum absolute atomic E-state index is 9.00. The maximum atomic E-state index is 9.00. The number of carboxylic acid groups (broad SMARTS) is 1. The fourth-order valence-electron chi connectivity index (χ4n) is 2.88. The van der Waals surface area contributed by atoms with Gasteiger partial charge in [-0.25, -0.2) is 0 Å². The Balaban J connectivity index is 0.000000640. The van der Waals surface area contributed by atoms with E-state index in [9.17, 15) is 0 Å². The van der Waals surface area contributed by atoms with Gasteiger partial charge in [-0.1, -0.05) is 89.1 Å². The summed E-state index contributed by atoms with van der Waals surface area (Å²) in [5.74, 6) is 0.247. The van der Waals surface area contributed by atoms with Gasteiger partial charge in [0, 0.05) is 6.92 Å². The third-order valence-electron chi connectivity index (χ3n) is 3.90. The summed E-state index contributed by atoms with van der Waals surface area (Å²) in [5, 5.41) is 7.42. The number of hydrogen-bond donors (Lipinski definition) is 1. The quantitative estimate of drug-likeness (QED) is 0.645. The maximum Gasteiger partial charge on any atom is 0.300 e. The van der Waals surface area contributed by atoms with E-state index in [-0.39, 0.29) is 0 Å². The molecular weight excluding hydrogens is 272 g/mol. The van der Waals surface area contributed by atoms with Crippen LogP contribution in [0.4, 0.5) is 0 Å². The molecule has 2 heteroatoms. The minimum Gasteiger partial charge on any atom is -0.481 e. The second-order valence-corrected chi connectivity index (χ2v) is 5.75. The Hall–Kier alpha value is -1.31. The van der Waals surface area contributed by atoms with Crippen LogP contribution in [-0.4, -0.2) is 11.1 Å². The molecule has 0 amide bonds. The van der Waals surface area contributed by atoms with E-state index >= 15 is 0 Å². The molecule has 0 atom stereocenters. The smallest absolute Gasteiger partial charge is 0.300 e. The summed E-state index contributed by atoms with van der Waals surface area (Å²) in [5.41, 5.74) is 1.50. The molecule has 1 fully saturated rings. The van der Waals surface area contributed by atoms with Gasteiger partial charge in [0.2, 0.25) is 0 Å². The molecule has 1 aliphatic carbocycles. The lowest BCUT2D eigenvalue weighted by Crippen LogP contribution is -1.93. The lowest BCUT2D eigenvalue weighted by Gasteiger charge is -2.07. The van der Waals surface area contributed by atoms with Crippen molar-refractivity contribution in [2.75, 3.05) is 0 Å². The molecule has 126 valence electrons. The Bertz CT molecular complexity index is 349. The second kappa shape index (κ2) is 14.6. The first-order valence-electron chi connectivity index (χ1n) is 8.92. The Kier molecular flexibility index (Phi) is 13.7. The summed E-state index contributed by atoms with van der Waals surface area (Å²) in [4.78, 5) is 9.00. The highest BCUT2D eigenvalue weighted by Crippen LogP contribution is 2.29. The van der Waals surface area contributed by atoms with E-state index < -0.39 is 5.97 Å². The molecule has 1 aromatic carbocycles. The summed E-state index contributed by atoms with van der Waals surface area (Å²) < 4.78 is 0. The third-order valence-corrected chi connectivity index (χ3v) is 3.90. The lowest BCUT2D eigenvalue weighted by molar-refractivity contribution is -0.134. The molecule has 1 aromatic rings. The van der Waals surface area contributed by atoms with Crippen molar-refractivity contribution in [2.24, 2.45) is 5.92 Å². The monoisotopic (exact) mass is 306 g/mol. The SMILES string of the molecule is CC.CC(=O)O.c1ccc(CCCCCC2CCCC2)cc1. The van der Waals surface area contributed by atoms with E-state index in [1.54, 1.807) is 0 Å². The number of carboxylic acids is 1. The van der Waals surface area contributed by atoms with Crippen LogP contribution in [-0.2, 0) is 11.2 Å². The van der Waals surface area contributed by atoms with Crippen molar-refractivity contribution >= 4 is 5.97 Å². The van der Waals surface area contributed by atoms with Gasteiger partial charge in [0.05, 0.1) is 0 Å². The van der Waals surface area contributed by atoms with Gasteiger partial charge in [-0.05, 0) is 24.3 Å². The molecule has 0 aromatic heterocycles. The zero-order valence-corrected chi connectivity index (χ0v) is 14.7. The van der Waals surface area contributed by atoms with E-state index in [4.69, 9.17) is 9.90 Å². The largest absolute Gasteiger partial charge is 0.481 e. The molecule has 22 heavy (non-hydrogen) atoms. The average molecular weight is 306 g/mol. The minimum atomic E-state index is -0.833. The molecule has 0 unspecified atom stereocenters. The Morgan fingerprint density at radius 3 is 2.14 bits per heavy atom. The summed E-state index contributed by atoms with van der Waals surface area (Å²) in [6.07, 6.45) is 13.0. The molecule has 1 saturated carbocycles. The Morgan fingerprint density at radius 1 is 1.05 bits per heavy atom. The van der Waals surface area contributed by atoms with Crippen molar-refractivity contribution in [1.29, 1.82) is 0 Å². The normalized spacial score (nSPS) is 13.6. The number of aryl methyl sites for hydroxylation is 1. The predicted octanol–water partition coefficient (Wildman–Crippen LogP) is 6.10. The number of benzene rings is 1. The van der Waals surface area contributed by atoms with Crippen molar-refractivity contribution in [2.45, 2.75) is 78.6 Å². The first kappa shape index (κ1) is 20.7. The molecule has 0 aliphatic heterocycles. The summed E-state index contributed by atoms with van der Waals surface area (Å²) >= 11 is 0. The third kappa shape index (κ3) is 12.4. The van der Waals surface area contributed by atoms with Gasteiger partial charge in [-0.15, -0.1) is 0 Å². The molecule has 2 rings (SSSR count). The summed E-state index contributed by atoms with van der Waals surface area (Å²) in [6, 6.07) is 10.9. The van der Waals surface area contributed by atoms with Crippen molar-refractivity contribution < 1.29 is 9.90 Å². The van der Waals surface area contributed by atoms with Crippen LogP contribution in [0.2, 0.25) is 0 Å². The summed E-state index contributed by atoms with van der Waals surface area (Å²) in [7, 11) is 0. The number of hydrogen-bond acceptors (Lipinski definition) is 1. The van der Waals surface area contributed by atoms with Gasteiger partial charge < -0.3 is 5.11 Å². The van der Waals surface area contributed by atoms with Crippen LogP contribution >= 0.6 is 0 Å². The average Bonchev–Trinajstić information content (AvgIpc) is 3.03. The van der Waals surface area contributed by atoms with Crippen LogP contribution in [0.25, 0.3) is 0 Å². The van der Waals surface area contributed by atoms with Gasteiger partial charge in [-0.3, -0.25) is 4.79 Å². The fourth-order valence-corrected chi connectivity index (χ4v) is 2.88. The van der Waals surface area contributed by atoms with Crippen LogP contribution in [0, 0.1) is 5.92 Å². The number of aliphatic carboxylic acids is 1. The van der Waals surface area contributed by atoms with Crippen molar-refractivity contribution in [3.8, 4) is 0 Å². The topological polar surface area (TPSA) is 37.3 Å². The van der Waals surface area contributed by atoms with Crippen molar-refractivity contribution in [1.82, 2.24) is 0 Å². The fraction of sp³-hybridized carbons (Fsp3) is 0.650. The highest BCUT2D eigenvalue weighted by Gasteiger charge is 2.13. The standard InChI is InChI=1S/C16H24.C2H4O2.C2H6/c1-3-9-15(10-4-1)11-5-2-6-12-16-13-7-8-14-16;1-2(3)4;1-2/h1,3-4,9-10,16H,2,5-8,11-14H2;1H3,(H,3,4);1-2H3. The van der Waals surface area contributed by atoms with Gasteiger partial charge in [-0.2, -0.15) is 0 Å². The highest BCUT2D eigenvalue weighted by molar-refractivity contribution is 5.62. The van der Waals surface area contributed by atoms with E-state index in [0.717, 1.165) is 12.8 Å². The molecule has 0 spiro atoms. The first-order chi connectivity index (χ1) is 10.7. The molecule has 0 saturated heterocycles. The molecule has 0 radical (unpaired) electrons. The lowest BCUT2D eigenvalue weighted by atomic mass is 9.98. The van der Waals surface area contributed by atoms with E-state index in [1.807, 2.05) is 13.8 Å². The number of rotatable bonds is 6. The van der Waals surface area contributed by atoms with Gasteiger partial charge >= 0.3 is 0 Å². The Labute approximate surface area is 137 Å². The zero-order chi connectivity index (χ0) is 16.6. The molecule has 1 N–H and O–H groups in total. The molecule has 2 nitrogen and oxygen atoms in total. The van der Waals surface area contributed by atoms with Crippen LogP contribution in [0.5, 0.6) is 0 Å². The van der Waals surface area contributed by atoms with E-state index in [0.29, 0.717) is 0 Å². The molecule has 0 heterocycles. The molecular formula is C20H34O2. The van der Waals surface area contributed by atoms with Gasteiger partial charge in [0.1, 0.15) is 0 Å². The van der Waals surface area contributed by atoms with Crippen molar-refractivity contribution in [3.63, 3.8) is 0 Å². The number of unbranched alkanes of at least 4 members (excludes halogenated alkanes) is 2. The van der Waals surface area contributed by atoms with Crippen LogP contribution in [0.15, 0.2) is 30.3 Å². The van der Waals surface area contributed by atoms with E-state index in [2.05, 4.69) is 30.3 Å². The van der Waals surface area contributed by atoms with Crippen LogP contribution in [0.3, 0.4) is 0 Å². The van der Waals surface area contributed by atoms with Crippen molar-refractivity contribution in [3.05, 3.63) is 35.9 Å². The van der Waals surface area contributed by atoms with Gasteiger partial charge in [0.15, 0.2) is 0 Å². The predicted molar refractivity (Wildman–Crippen MR) is 95.2 cm³/mol. The number of carbonyl (C=O) groups is 1. The highest BCUT2D eigenvalue weighted by atomic mass is 16.4. The van der Waals surface area contributed by atoms with Crippen LogP contribution in [0.1, 0.15) is 77.7 Å². The van der Waals surface area contributed by atoms with E-state index in [1.165, 1.54) is 63.4 Å². The van der Waals surface area contributed by atoms with Gasteiger partial charge in [0.25, 0.3) is 5.97 Å². The first-order valence-corrected chi connectivity index (χ1v) is 8.92. The second-order valence-electron chi connectivity index (χ2n) is 5.75. The Morgan fingerprint density at radius 2 is 1.59 bits per heavy atom. The molecule has 1 aliphatic rings. The van der Waals surface area contributed by atoms with Crippen LogP contribution < -0.4 is 0 Å². The molecule has 0 bridgehead atoms. The minimum absolute atomic E-state index is 0.833. The zero-order valence-electron chi connectivity index (χ0n) is 14.7. The summed E-state index contributed by atoms with van der Waals surface area (Å²) in [6.45, 7) is 5.08.